The molecular weight excluding hydrogens is 324 g/mol. The maximum atomic E-state index is 13.2. The minimum Gasteiger partial charge on any atom is -0.386 e. The van der Waals surface area contributed by atoms with E-state index in [0.717, 1.165) is 23.5 Å². The van der Waals surface area contributed by atoms with E-state index in [-0.39, 0.29) is 11.3 Å². The first-order valence-corrected chi connectivity index (χ1v) is 7.71. The highest BCUT2D eigenvalue weighted by Gasteiger charge is 2.21. The Kier molecular flexibility index (Phi) is 5.23. The van der Waals surface area contributed by atoms with Crippen molar-refractivity contribution in [1.29, 1.82) is 0 Å². The van der Waals surface area contributed by atoms with E-state index >= 15 is 0 Å². The van der Waals surface area contributed by atoms with E-state index < -0.39 is 29.7 Å². The van der Waals surface area contributed by atoms with Gasteiger partial charge in [-0.3, -0.25) is 9.59 Å². The summed E-state index contributed by atoms with van der Waals surface area (Å²) in [6.45, 7) is 2.95. The molecule has 4 nitrogen and oxygen atoms in total. The number of carbonyl (C=O) groups is 2. The third kappa shape index (κ3) is 4.00. The van der Waals surface area contributed by atoms with Crippen LogP contribution in [0.25, 0.3) is 0 Å². The Hall–Kier alpha value is -2.12. The maximum absolute atomic E-state index is 13.2. The van der Waals surface area contributed by atoms with Gasteiger partial charge in [-0.2, -0.15) is 0 Å². The molecule has 1 aromatic heterocycles. The molecule has 0 fully saturated rings. The number of aliphatic hydroxyl groups is 1. The van der Waals surface area contributed by atoms with Crippen molar-refractivity contribution in [3.8, 4) is 0 Å². The predicted molar refractivity (Wildman–Crippen MR) is 82.6 cm³/mol. The number of thiophene rings is 1. The molecule has 1 amide bonds. The van der Waals surface area contributed by atoms with Gasteiger partial charge in [0.25, 0.3) is 5.91 Å². The van der Waals surface area contributed by atoms with Crippen molar-refractivity contribution < 1.29 is 23.5 Å². The molecule has 1 heterocycles. The van der Waals surface area contributed by atoms with E-state index in [4.69, 9.17) is 0 Å². The van der Waals surface area contributed by atoms with Crippen LogP contribution in [0, 0.1) is 11.6 Å². The number of carbonyl (C=O) groups excluding carboxylic acids is 2. The first-order chi connectivity index (χ1) is 10.8. The van der Waals surface area contributed by atoms with Crippen molar-refractivity contribution in [3.63, 3.8) is 0 Å². The number of hydrogen-bond donors (Lipinski definition) is 2. The fourth-order valence-electron chi connectivity index (χ4n) is 1.98. The molecule has 2 rings (SSSR count). The van der Waals surface area contributed by atoms with Crippen LogP contribution in [0.1, 0.15) is 45.5 Å². The van der Waals surface area contributed by atoms with E-state index in [1.54, 1.807) is 12.3 Å². The molecule has 0 radical (unpaired) electrons. The van der Waals surface area contributed by atoms with Crippen molar-refractivity contribution in [2.75, 3.05) is 0 Å². The van der Waals surface area contributed by atoms with Crippen LogP contribution in [-0.2, 0) is 0 Å². The number of Topliss-reactive ketones (excluding diaryl/α,β-unsaturated/α-hetero) is 1. The lowest BCUT2D eigenvalue weighted by atomic mass is 10.0. The second kappa shape index (κ2) is 6.97. The summed E-state index contributed by atoms with van der Waals surface area (Å²) >= 11 is 1.12. The van der Waals surface area contributed by atoms with Crippen LogP contribution in [0.3, 0.4) is 0 Å². The monoisotopic (exact) mass is 339 g/mol. The van der Waals surface area contributed by atoms with E-state index in [1.807, 2.05) is 0 Å². The van der Waals surface area contributed by atoms with Gasteiger partial charge in [-0.05, 0) is 37.6 Å². The fourth-order valence-corrected chi connectivity index (χ4v) is 2.83. The molecular formula is C16H15F2NO3S. The quantitative estimate of drug-likeness (QED) is 0.823. The molecule has 23 heavy (non-hydrogen) atoms. The Morgan fingerprint density at radius 3 is 2.48 bits per heavy atom. The average molecular weight is 339 g/mol. The summed E-state index contributed by atoms with van der Waals surface area (Å²) in [6, 6.07) is 3.81. The third-order valence-corrected chi connectivity index (χ3v) is 4.28. The summed E-state index contributed by atoms with van der Waals surface area (Å²) in [7, 11) is 0. The van der Waals surface area contributed by atoms with E-state index in [2.05, 4.69) is 5.32 Å². The van der Waals surface area contributed by atoms with E-state index in [1.165, 1.54) is 19.1 Å². The largest absolute Gasteiger partial charge is 0.386 e. The molecule has 0 aliphatic rings. The zero-order valence-electron chi connectivity index (χ0n) is 12.5. The van der Waals surface area contributed by atoms with Crippen LogP contribution in [0.4, 0.5) is 8.78 Å². The SMILES string of the molecule is CC(=O)c1csc(C(=O)NC(C)C(O)c2ccc(F)c(F)c2)c1. The van der Waals surface area contributed by atoms with Crippen molar-refractivity contribution in [2.24, 2.45) is 0 Å². The molecule has 0 saturated heterocycles. The van der Waals surface area contributed by atoms with Gasteiger partial charge in [-0.1, -0.05) is 6.07 Å². The van der Waals surface area contributed by atoms with Crippen LogP contribution < -0.4 is 5.32 Å². The number of nitrogens with one attached hydrogen (secondary N) is 1. The molecule has 2 N–H and O–H groups in total. The average Bonchev–Trinajstić information content (AvgIpc) is 2.99. The van der Waals surface area contributed by atoms with Gasteiger partial charge < -0.3 is 10.4 Å². The second-order valence-corrected chi connectivity index (χ2v) is 6.05. The van der Waals surface area contributed by atoms with Gasteiger partial charge in [0.15, 0.2) is 17.4 Å². The molecule has 2 unspecified atom stereocenters. The first-order valence-electron chi connectivity index (χ1n) is 6.83. The molecule has 0 aliphatic heterocycles. The number of aliphatic hydroxyl groups excluding tert-OH is 1. The molecule has 0 bridgehead atoms. The molecule has 2 aromatic rings. The van der Waals surface area contributed by atoms with Crippen molar-refractivity contribution >= 4 is 23.0 Å². The lowest BCUT2D eigenvalue weighted by molar-refractivity contribution is 0.0855. The smallest absolute Gasteiger partial charge is 0.261 e. The molecule has 7 heteroatoms. The van der Waals surface area contributed by atoms with E-state index in [0.29, 0.717) is 10.4 Å². The Labute approximate surface area is 135 Å². The zero-order chi connectivity index (χ0) is 17.1. The van der Waals surface area contributed by atoms with Gasteiger partial charge in [0, 0.05) is 10.9 Å². The predicted octanol–water partition coefficient (Wildman–Crippen LogP) is 3.08. The number of hydrogen-bond acceptors (Lipinski definition) is 4. The lowest BCUT2D eigenvalue weighted by Crippen LogP contribution is -2.36. The molecule has 0 saturated carbocycles. The summed E-state index contributed by atoms with van der Waals surface area (Å²) in [5.74, 6) is -2.66. The maximum Gasteiger partial charge on any atom is 0.261 e. The highest BCUT2D eigenvalue weighted by Crippen LogP contribution is 2.21. The van der Waals surface area contributed by atoms with Crippen molar-refractivity contribution in [3.05, 3.63) is 57.3 Å². The minimum atomic E-state index is -1.19. The number of rotatable bonds is 5. The summed E-state index contributed by atoms with van der Waals surface area (Å²) in [4.78, 5) is 23.6. The number of halogens is 2. The minimum absolute atomic E-state index is 0.143. The lowest BCUT2D eigenvalue weighted by Gasteiger charge is -2.20. The van der Waals surface area contributed by atoms with Gasteiger partial charge in [0.05, 0.1) is 17.0 Å². The molecule has 0 spiro atoms. The van der Waals surface area contributed by atoms with Crippen LogP contribution >= 0.6 is 11.3 Å². The highest BCUT2D eigenvalue weighted by atomic mass is 32.1. The number of benzene rings is 1. The van der Waals surface area contributed by atoms with Crippen molar-refractivity contribution in [2.45, 2.75) is 26.0 Å². The fraction of sp³-hybridized carbons (Fsp3) is 0.250. The first kappa shape index (κ1) is 17.2. The normalized spacial score (nSPS) is 13.4. The van der Waals surface area contributed by atoms with Gasteiger partial charge >= 0.3 is 0 Å². The van der Waals surface area contributed by atoms with Crippen LogP contribution in [0.15, 0.2) is 29.6 Å². The molecule has 122 valence electrons. The van der Waals surface area contributed by atoms with E-state index in [9.17, 15) is 23.5 Å². The summed E-state index contributed by atoms with van der Waals surface area (Å²) in [5.41, 5.74) is 0.598. The van der Waals surface area contributed by atoms with Crippen LogP contribution in [0.5, 0.6) is 0 Å². The Balaban J connectivity index is 2.07. The topological polar surface area (TPSA) is 66.4 Å². The molecule has 2 atom stereocenters. The summed E-state index contributed by atoms with van der Waals surface area (Å²) in [6.07, 6.45) is -1.19. The zero-order valence-corrected chi connectivity index (χ0v) is 13.3. The summed E-state index contributed by atoms with van der Waals surface area (Å²) in [5, 5.41) is 14.3. The molecule has 1 aromatic carbocycles. The third-order valence-electron chi connectivity index (χ3n) is 3.35. The van der Waals surface area contributed by atoms with Gasteiger partial charge in [0.2, 0.25) is 0 Å². The van der Waals surface area contributed by atoms with Crippen LogP contribution in [0.2, 0.25) is 0 Å². The van der Waals surface area contributed by atoms with Crippen molar-refractivity contribution in [1.82, 2.24) is 5.32 Å². The van der Waals surface area contributed by atoms with Gasteiger partial charge in [-0.25, -0.2) is 8.78 Å². The highest BCUT2D eigenvalue weighted by molar-refractivity contribution is 7.12. The number of amides is 1. The Morgan fingerprint density at radius 1 is 1.22 bits per heavy atom. The van der Waals surface area contributed by atoms with Crippen LogP contribution in [-0.4, -0.2) is 22.8 Å². The summed E-state index contributed by atoms with van der Waals surface area (Å²) < 4.78 is 26.1. The van der Waals surface area contributed by atoms with Gasteiger partial charge in [0.1, 0.15) is 0 Å². The number of ketones is 1. The Morgan fingerprint density at radius 2 is 1.91 bits per heavy atom. The standard InChI is InChI=1S/C16H15F2NO3S/c1-8(15(21)10-3-4-12(17)13(18)5-10)19-16(22)14-6-11(7-23-14)9(2)20/h3-8,15,21H,1-2H3,(H,19,22). The molecule has 0 aliphatic carbocycles. The van der Waals surface area contributed by atoms with Gasteiger partial charge in [-0.15, -0.1) is 11.3 Å². The second-order valence-electron chi connectivity index (χ2n) is 5.14. The Bertz CT molecular complexity index is 745.